The molecule has 0 spiro atoms. The van der Waals surface area contributed by atoms with Crippen molar-refractivity contribution < 1.29 is 23.1 Å². The van der Waals surface area contributed by atoms with Gasteiger partial charge in [0, 0.05) is 12.7 Å². The molecule has 0 unspecified atom stereocenters. The smallest absolute Gasteiger partial charge is 0.251 e. The predicted molar refractivity (Wildman–Crippen MR) is 73.7 cm³/mol. The monoisotopic (exact) mass is 293 g/mol. The van der Waals surface area contributed by atoms with Crippen LogP contribution in [0.2, 0.25) is 0 Å². The van der Waals surface area contributed by atoms with Gasteiger partial charge in [0.05, 0.1) is 19.9 Å². The third-order valence-corrected chi connectivity index (χ3v) is 3.01. The normalized spacial score (nSPS) is 12.0. The summed E-state index contributed by atoms with van der Waals surface area (Å²) >= 11 is 0. The van der Waals surface area contributed by atoms with Crippen molar-refractivity contribution in [2.45, 2.75) is 6.10 Å². The highest BCUT2D eigenvalue weighted by atomic mass is 19.1. The van der Waals surface area contributed by atoms with Crippen LogP contribution in [0.3, 0.4) is 0 Å². The Labute approximate surface area is 121 Å². The Hall–Kier alpha value is -2.34. The van der Waals surface area contributed by atoms with Crippen molar-refractivity contribution in [1.82, 2.24) is 5.32 Å². The first-order valence-corrected chi connectivity index (χ1v) is 6.33. The molecule has 1 N–H and O–H groups in total. The highest BCUT2D eigenvalue weighted by Crippen LogP contribution is 2.18. The first kappa shape index (κ1) is 15.1. The molecule has 0 bridgehead atoms. The third kappa shape index (κ3) is 3.61. The average molecular weight is 293 g/mol. The van der Waals surface area contributed by atoms with E-state index in [9.17, 15) is 9.18 Å². The number of nitrogens with one attached hydrogen (secondary N) is 1. The van der Waals surface area contributed by atoms with Crippen LogP contribution >= 0.6 is 0 Å². The number of carbonyl (C=O) groups is 1. The van der Waals surface area contributed by atoms with E-state index >= 15 is 0 Å². The van der Waals surface area contributed by atoms with Crippen molar-refractivity contribution in [2.24, 2.45) is 0 Å². The van der Waals surface area contributed by atoms with E-state index in [0.29, 0.717) is 5.76 Å². The Morgan fingerprint density at radius 3 is 2.76 bits per heavy atom. The van der Waals surface area contributed by atoms with Gasteiger partial charge < -0.3 is 19.2 Å². The zero-order chi connectivity index (χ0) is 15.2. The summed E-state index contributed by atoms with van der Waals surface area (Å²) in [7, 11) is 2.89. The Balaban J connectivity index is 1.99. The van der Waals surface area contributed by atoms with Crippen molar-refractivity contribution in [3.63, 3.8) is 0 Å². The van der Waals surface area contributed by atoms with E-state index in [4.69, 9.17) is 13.9 Å². The molecule has 112 valence electrons. The molecule has 0 saturated heterocycles. The maximum absolute atomic E-state index is 13.6. The van der Waals surface area contributed by atoms with Crippen molar-refractivity contribution in [3.05, 3.63) is 53.7 Å². The molecule has 2 aromatic rings. The Morgan fingerprint density at radius 1 is 1.38 bits per heavy atom. The average Bonchev–Trinajstić information content (AvgIpc) is 3.01. The maximum Gasteiger partial charge on any atom is 0.251 e. The molecular weight excluding hydrogens is 277 g/mol. The van der Waals surface area contributed by atoms with E-state index < -0.39 is 17.8 Å². The van der Waals surface area contributed by atoms with Crippen molar-refractivity contribution in [1.29, 1.82) is 0 Å². The van der Waals surface area contributed by atoms with Crippen LogP contribution < -0.4 is 10.1 Å². The van der Waals surface area contributed by atoms with Crippen LogP contribution in [0, 0.1) is 5.82 Å². The summed E-state index contributed by atoms with van der Waals surface area (Å²) in [6, 6.07) is 7.52. The highest BCUT2D eigenvalue weighted by Gasteiger charge is 2.16. The molecule has 1 aromatic heterocycles. The number of ether oxygens (including phenoxy) is 2. The van der Waals surface area contributed by atoms with Gasteiger partial charge in [0.15, 0.2) is 11.6 Å². The topological polar surface area (TPSA) is 60.7 Å². The molecule has 21 heavy (non-hydrogen) atoms. The van der Waals surface area contributed by atoms with Gasteiger partial charge >= 0.3 is 0 Å². The van der Waals surface area contributed by atoms with Gasteiger partial charge in [-0.2, -0.15) is 0 Å². The fourth-order valence-corrected chi connectivity index (χ4v) is 1.87. The second-order valence-corrected chi connectivity index (χ2v) is 4.30. The van der Waals surface area contributed by atoms with Crippen LogP contribution in [0.1, 0.15) is 22.2 Å². The number of furan rings is 1. The first-order chi connectivity index (χ1) is 10.2. The number of hydrogen-bond acceptors (Lipinski definition) is 4. The van der Waals surface area contributed by atoms with Crippen LogP contribution in [-0.2, 0) is 4.74 Å². The van der Waals surface area contributed by atoms with E-state index in [2.05, 4.69) is 5.32 Å². The van der Waals surface area contributed by atoms with Crippen LogP contribution in [0.4, 0.5) is 4.39 Å². The number of amides is 1. The zero-order valence-corrected chi connectivity index (χ0v) is 11.8. The summed E-state index contributed by atoms with van der Waals surface area (Å²) in [6.07, 6.45) is 1.13. The van der Waals surface area contributed by atoms with Crippen LogP contribution in [0.25, 0.3) is 0 Å². The van der Waals surface area contributed by atoms with Crippen LogP contribution in [-0.4, -0.2) is 26.7 Å². The summed E-state index contributed by atoms with van der Waals surface area (Å²) < 4.78 is 28.8. The third-order valence-electron chi connectivity index (χ3n) is 3.01. The lowest BCUT2D eigenvalue weighted by Crippen LogP contribution is -2.29. The summed E-state index contributed by atoms with van der Waals surface area (Å²) in [5.41, 5.74) is 0.211. The molecule has 0 radical (unpaired) electrons. The second kappa shape index (κ2) is 6.90. The van der Waals surface area contributed by atoms with Crippen molar-refractivity contribution in [2.75, 3.05) is 20.8 Å². The molecule has 1 aromatic carbocycles. The van der Waals surface area contributed by atoms with Crippen molar-refractivity contribution >= 4 is 5.91 Å². The number of benzene rings is 1. The zero-order valence-electron chi connectivity index (χ0n) is 11.8. The SMILES string of the molecule is COc1ccc(C(=O)NC[C@H](OC)c2ccco2)cc1F. The van der Waals surface area contributed by atoms with Crippen molar-refractivity contribution in [3.8, 4) is 5.75 Å². The minimum absolute atomic E-state index is 0.0944. The highest BCUT2D eigenvalue weighted by molar-refractivity contribution is 5.94. The lowest BCUT2D eigenvalue weighted by atomic mass is 10.2. The fraction of sp³-hybridized carbons (Fsp3) is 0.267. The minimum Gasteiger partial charge on any atom is -0.494 e. The number of rotatable bonds is 6. The van der Waals surface area contributed by atoms with E-state index in [1.54, 1.807) is 12.1 Å². The predicted octanol–water partition coefficient (Wildman–Crippen LogP) is 2.54. The minimum atomic E-state index is -0.584. The number of carbonyl (C=O) groups excluding carboxylic acids is 1. The molecule has 0 fully saturated rings. The molecule has 1 atom stereocenters. The first-order valence-electron chi connectivity index (χ1n) is 6.33. The van der Waals surface area contributed by atoms with Gasteiger partial charge in [-0.3, -0.25) is 4.79 Å². The molecule has 1 amide bonds. The molecule has 5 nitrogen and oxygen atoms in total. The van der Waals surface area contributed by atoms with E-state index in [0.717, 1.165) is 6.07 Å². The molecule has 6 heteroatoms. The molecule has 1 heterocycles. The fourth-order valence-electron chi connectivity index (χ4n) is 1.87. The summed E-state index contributed by atoms with van der Waals surface area (Å²) in [6.45, 7) is 0.219. The number of methoxy groups -OCH3 is 2. The molecule has 0 aliphatic carbocycles. The Kier molecular flexibility index (Phi) is 4.94. The standard InChI is InChI=1S/C15H16FNO4/c1-19-12-6-5-10(8-11(12)16)15(18)17-9-14(20-2)13-4-3-7-21-13/h3-8,14H,9H2,1-2H3,(H,17,18)/t14-/m0/s1. The quantitative estimate of drug-likeness (QED) is 0.889. The summed E-state index contributed by atoms with van der Waals surface area (Å²) in [4.78, 5) is 12.0. The molecule has 0 aliphatic heterocycles. The van der Waals surface area contributed by atoms with Gasteiger partial charge in [0.1, 0.15) is 11.9 Å². The largest absolute Gasteiger partial charge is 0.494 e. The second-order valence-electron chi connectivity index (χ2n) is 4.30. The van der Waals surface area contributed by atoms with Gasteiger partial charge in [-0.15, -0.1) is 0 Å². The number of halogens is 1. The Morgan fingerprint density at radius 2 is 2.19 bits per heavy atom. The lowest BCUT2D eigenvalue weighted by Gasteiger charge is -2.14. The van der Waals surface area contributed by atoms with Gasteiger partial charge in [0.25, 0.3) is 5.91 Å². The molecule has 2 rings (SSSR count). The Bertz CT molecular complexity index is 598. The van der Waals surface area contributed by atoms with Crippen LogP contribution in [0.15, 0.2) is 41.0 Å². The van der Waals surface area contributed by atoms with Gasteiger partial charge in [-0.05, 0) is 30.3 Å². The van der Waals surface area contributed by atoms with Gasteiger partial charge in [-0.1, -0.05) is 0 Å². The molecular formula is C15H16FNO4. The van der Waals surface area contributed by atoms with E-state index in [-0.39, 0.29) is 17.9 Å². The summed E-state index contributed by atoms with van der Waals surface area (Å²) in [5, 5.41) is 2.67. The number of hydrogen-bond donors (Lipinski definition) is 1. The van der Waals surface area contributed by atoms with E-state index in [1.807, 2.05) is 0 Å². The summed E-state index contributed by atoms with van der Waals surface area (Å²) in [5.74, 6) is -0.278. The van der Waals surface area contributed by atoms with E-state index in [1.165, 1.54) is 32.6 Å². The van der Waals surface area contributed by atoms with Crippen LogP contribution in [0.5, 0.6) is 5.75 Å². The molecule has 0 saturated carbocycles. The van der Waals surface area contributed by atoms with Gasteiger partial charge in [0.2, 0.25) is 0 Å². The van der Waals surface area contributed by atoms with Gasteiger partial charge in [-0.25, -0.2) is 4.39 Å². The molecule has 0 aliphatic rings. The maximum atomic E-state index is 13.6. The lowest BCUT2D eigenvalue weighted by molar-refractivity contribution is 0.0738.